The molecule has 0 radical (unpaired) electrons. The minimum Gasteiger partial charge on any atom is -0.490 e. The number of anilines is 1. The van der Waals surface area contributed by atoms with Gasteiger partial charge in [0.1, 0.15) is 5.82 Å². The van der Waals surface area contributed by atoms with Crippen LogP contribution >= 0.6 is 0 Å². The van der Waals surface area contributed by atoms with Gasteiger partial charge in [-0.05, 0) is 25.1 Å². The molecule has 0 aliphatic rings. The van der Waals surface area contributed by atoms with E-state index in [1.807, 2.05) is 0 Å². The number of hydrogen-bond acceptors (Lipinski definition) is 5. The van der Waals surface area contributed by atoms with Gasteiger partial charge in [-0.2, -0.15) is 4.98 Å². The van der Waals surface area contributed by atoms with Crippen LogP contribution < -0.4 is 14.8 Å². The molecule has 0 unspecified atom stereocenters. The van der Waals surface area contributed by atoms with Crippen molar-refractivity contribution in [2.45, 2.75) is 13.3 Å². The van der Waals surface area contributed by atoms with Crippen LogP contribution in [0.4, 0.5) is 14.6 Å². The Morgan fingerprint density at radius 2 is 2.05 bits per heavy atom. The topological polar surface area (TPSA) is 56.3 Å². The fourth-order valence-corrected chi connectivity index (χ4v) is 1.64. The van der Waals surface area contributed by atoms with E-state index >= 15 is 0 Å². The summed E-state index contributed by atoms with van der Waals surface area (Å²) in [6, 6.07) is 3.98. The molecule has 0 atom stereocenters. The van der Waals surface area contributed by atoms with Gasteiger partial charge >= 0.3 is 0 Å². The van der Waals surface area contributed by atoms with Crippen LogP contribution in [0.25, 0.3) is 0 Å². The van der Waals surface area contributed by atoms with Gasteiger partial charge < -0.3 is 14.8 Å². The molecule has 1 heterocycles. The number of nitrogens with one attached hydrogen (secondary N) is 1. The lowest BCUT2D eigenvalue weighted by atomic mass is 10.2. The van der Waals surface area contributed by atoms with Crippen molar-refractivity contribution in [2.24, 2.45) is 0 Å². The third-order valence-electron chi connectivity index (χ3n) is 2.60. The normalized spacial score (nSPS) is 10.5. The predicted molar refractivity (Wildman–Crippen MR) is 74.2 cm³/mol. The molecule has 1 aromatic carbocycles. The molecule has 0 aliphatic carbocycles. The van der Waals surface area contributed by atoms with Gasteiger partial charge in [0.05, 0.1) is 19.0 Å². The zero-order chi connectivity index (χ0) is 15.2. The van der Waals surface area contributed by atoms with E-state index in [0.29, 0.717) is 18.2 Å². The molecule has 0 amide bonds. The van der Waals surface area contributed by atoms with E-state index < -0.39 is 6.43 Å². The smallest absolute Gasteiger partial charge is 0.263 e. The number of aromatic nitrogens is 2. The Balaban J connectivity index is 2.29. The summed E-state index contributed by atoms with van der Waals surface area (Å²) in [5, 5.41) is 2.83. The van der Waals surface area contributed by atoms with Crippen LogP contribution in [-0.4, -0.2) is 23.6 Å². The average molecular weight is 295 g/mol. The molecule has 0 saturated carbocycles. The maximum atomic E-state index is 12.7. The lowest BCUT2D eigenvalue weighted by Crippen LogP contribution is -1.99. The molecular formula is C14H15F2N3O2. The second-order valence-corrected chi connectivity index (χ2v) is 4.03. The molecule has 5 nitrogen and oxygen atoms in total. The third kappa shape index (κ3) is 3.77. The van der Waals surface area contributed by atoms with Gasteiger partial charge in [0.15, 0.2) is 11.5 Å². The maximum absolute atomic E-state index is 12.7. The highest BCUT2D eigenvalue weighted by Crippen LogP contribution is 2.34. The molecule has 0 aliphatic heterocycles. The summed E-state index contributed by atoms with van der Waals surface area (Å²) in [7, 11) is 1.71. The maximum Gasteiger partial charge on any atom is 0.263 e. The second-order valence-electron chi connectivity index (χ2n) is 4.03. The van der Waals surface area contributed by atoms with Crippen molar-refractivity contribution in [1.29, 1.82) is 0 Å². The summed E-state index contributed by atoms with van der Waals surface area (Å²) in [6.07, 6.45) is 0.402. The van der Waals surface area contributed by atoms with Gasteiger partial charge in [0, 0.05) is 12.6 Å². The van der Waals surface area contributed by atoms with Crippen molar-refractivity contribution in [2.75, 3.05) is 19.0 Å². The fourth-order valence-electron chi connectivity index (χ4n) is 1.64. The Kier molecular flexibility index (Phi) is 4.86. The van der Waals surface area contributed by atoms with Crippen LogP contribution in [0.3, 0.4) is 0 Å². The molecule has 2 rings (SSSR count). The number of hydrogen-bond donors (Lipinski definition) is 1. The lowest BCUT2D eigenvalue weighted by Gasteiger charge is -2.12. The zero-order valence-electron chi connectivity index (χ0n) is 11.6. The summed E-state index contributed by atoms with van der Waals surface area (Å²) in [5.41, 5.74) is -0.124. The highest BCUT2D eigenvalue weighted by molar-refractivity contribution is 5.45. The molecule has 21 heavy (non-hydrogen) atoms. The Bertz CT molecular complexity index is 609. The van der Waals surface area contributed by atoms with Crippen LogP contribution in [0.15, 0.2) is 30.6 Å². The summed E-state index contributed by atoms with van der Waals surface area (Å²) < 4.78 is 36.3. The first-order valence-corrected chi connectivity index (χ1v) is 6.36. The summed E-state index contributed by atoms with van der Waals surface area (Å²) >= 11 is 0. The number of rotatable bonds is 6. The predicted octanol–water partition coefficient (Wildman–Crippen LogP) is 3.65. The highest BCUT2D eigenvalue weighted by Gasteiger charge is 2.13. The minimum atomic E-state index is -2.56. The summed E-state index contributed by atoms with van der Waals surface area (Å²) in [5.74, 6) is 1.33. The summed E-state index contributed by atoms with van der Waals surface area (Å²) in [6.45, 7) is 2.10. The van der Waals surface area contributed by atoms with Crippen molar-refractivity contribution in [3.05, 3.63) is 36.2 Å². The van der Waals surface area contributed by atoms with Crippen molar-refractivity contribution < 1.29 is 18.3 Å². The number of ether oxygens (including phenoxy) is 2. The molecule has 0 bridgehead atoms. The van der Waals surface area contributed by atoms with Gasteiger partial charge in [-0.3, -0.25) is 4.98 Å². The Morgan fingerprint density at radius 3 is 2.71 bits per heavy atom. The van der Waals surface area contributed by atoms with Gasteiger partial charge in [-0.15, -0.1) is 0 Å². The van der Waals surface area contributed by atoms with Crippen molar-refractivity contribution >= 4 is 5.82 Å². The highest BCUT2D eigenvalue weighted by atomic mass is 19.3. The molecule has 7 heteroatoms. The number of benzene rings is 1. The Morgan fingerprint density at radius 1 is 1.24 bits per heavy atom. The van der Waals surface area contributed by atoms with Gasteiger partial charge in [0.2, 0.25) is 5.88 Å². The number of halogens is 2. The van der Waals surface area contributed by atoms with E-state index in [1.165, 1.54) is 30.6 Å². The third-order valence-corrected chi connectivity index (χ3v) is 2.60. The standard InChI is InChI=1S/C14H15F2N3O2/c1-3-20-11-6-9(14(15)16)4-5-10(11)21-13-8-18-7-12(17-2)19-13/h4-8,14H,3H2,1-2H3,(H,17,19). The van der Waals surface area contributed by atoms with E-state index in [4.69, 9.17) is 9.47 Å². The first-order chi connectivity index (χ1) is 10.1. The van der Waals surface area contributed by atoms with E-state index in [2.05, 4.69) is 15.3 Å². The van der Waals surface area contributed by atoms with Crippen LogP contribution in [0.2, 0.25) is 0 Å². The monoisotopic (exact) mass is 295 g/mol. The largest absolute Gasteiger partial charge is 0.490 e. The van der Waals surface area contributed by atoms with Crippen LogP contribution in [0, 0.1) is 0 Å². The summed E-state index contributed by atoms with van der Waals surface area (Å²) in [4.78, 5) is 8.11. The van der Waals surface area contributed by atoms with Crippen LogP contribution in [0.1, 0.15) is 18.9 Å². The molecule has 112 valence electrons. The van der Waals surface area contributed by atoms with Crippen molar-refractivity contribution in [3.63, 3.8) is 0 Å². The quantitative estimate of drug-likeness (QED) is 0.881. The lowest BCUT2D eigenvalue weighted by molar-refractivity contribution is 0.150. The SMILES string of the molecule is CCOc1cc(C(F)F)ccc1Oc1cncc(NC)n1. The molecule has 1 aromatic heterocycles. The second kappa shape index (κ2) is 6.83. The number of alkyl halides is 2. The van der Waals surface area contributed by atoms with Gasteiger partial charge in [-0.25, -0.2) is 8.78 Å². The molecule has 0 fully saturated rings. The Hall–Kier alpha value is -2.44. The molecule has 0 saturated heterocycles. The average Bonchev–Trinajstić information content (AvgIpc) is 2.49. The first-order valence-electron chi connectivity index (χ1n) is 6.36. The zero-order valence-corrected chi connectivity index (χ0v) is 11.6. The van der Waals surface area contributed by atoms with E-state index in [9.17, 15) is 8.78 Å². The van der Waals surface area contributed by atoms with Crippen LogP contribution in [0.5, 0.6) is 17.4 Å². The molecular weight excluding hydrogens is 280 g/mol. The number of nitrogens with zero attached hydrogens (tertiary/aromatic N) is 2. The molecule has 1 N–H and O–H groups in total. The van der Waals surface area contributed by atoms with Gasteiger partial charge in [-0.1, -0.05) is 0 Å². The van der Waals surface area contributed by atoms with Gasteiger partial charge in [0.25, 0.3) is 6.43 Å². The van der Waals surface area contributed by atoms with Crippen molar-refractivity contribution in [3.8, 4) is 17.4 Å². The van der Waals surface area contributed by atoms with Crippen LogP contribution in [-0.2, 0) is 0 Å². The van der Waals surface area contributed by atoms with E-state index in [1.54, 1.807) is 14.0 Å². The first kappa shape index (κ1) is 15.0. The van der Waals surface area contributed by atoms with E-state index in [-0.39, 0.29) is 17.2 Å². The van der Waals surface area contributed by atoms with Crippen molar-refractivity contribution in [1.82, 2.24) is 9.97 Å². The molecule has 0 spiro atoms. The fraction of sp³-hybridized carbons (Fsp3) is 0.286. The van der Waals surface area contributed by atoms with E-state index in [0.717, 1.165) is 0 Å². The minimum absolute atomic E-state index is 0.124. The Labute approximate surface area is 120 Å². The molecule has 2 aromatic rings.